The van der Waals surface area contributed by atoms with Gasteiger partial charge < -0.3 is 14.5 Å². The lowest BCUT2D eigenvalue weighted by Gasteiger charge is -2.47. The van der Waals surface area contributed by atoms with E-state index in [9.17, 15) is 4.79 Å². The van der Waals surface area contributed by atoms with Gasteiger partial charge in [-0.3, -0.25) is 9.78 Å². The number of nitrogens with zero attached hydrogens (tertiary/aromatic N) is 3. The Morgan fingerprint density at radius 1 is 1.35 bits per heavy atom. The fourth-order valence-corrected chi connectivity index (χ4v) is 3.20. The van der Waals surface area contributed by atoms with E-state index in [1.165, 1.54) is 0 Å². The van der Waals surface area contributed by atoms with Gasteiger partial charge in [0.15, 0.2) is 0 Å². The van der Waals surface area contributed by atoms with Gasteiger partial charge in [0, 0.05) is 25.8 Å². The molecule has 0 N–H and O–H groups in total. The van der Waals surface area contributed by atoms with Crippen molar-refractivity contribution in [3.8, 4) is 0 Å². The van der Waals surface area contributed by atoms with Crippen molar-refractivity contribution in [1.82, 2.24) is 14.8 Å². The van der Waals surface area contributed by atoms with Crippen LogP contribution in [0.4, 0.5) is 0 Å². The Hall–Kier alpha value is -1.46. The van der Waals surface area contributed by atoms with Gasteiger partial charge in [-0.2, -0.15) is 0 Å². The Morgan fingerprint density at radius 3 is 3.00 bits per heavy atom. The van der Waals surface area contributed by atoms with E-state index in [0.29, 0.717) is 12.2 Å². The Morgan fingerprint density at radius 2 is 2.25 bits per heavy atom. The zero-order valence-corrected chi connectivity index (χ0v) is 11.9. The van der Waals surface area contributed by atoms with Gasteiger partial charge in [-0.05, 0) is 32.0 Å². The van der Waals surface area contributed by atoms with Crippen LogP contribution in [0.1, 0.15) is 23.3 Å². The molecule has 0 saturated carbocycles. The molecule has 2 aliphatic rings. The summed E-state index contributed by atoms with van der Waals surface area (Å²) in [7, 11) is 2.11. The number of hydrogen-bond donors (Lipinski definition) is 0. The number of aromatic nitrogens is 1. The lowest BCUT2D eigenvalue weighted by atomic mass is 9.90. The summed E-state index contributed by atoms with van der Waals surface area (Å²) in [5.41, 5.74) is 0.337. The predicted molar refractivity (Wildman–Crippen MR) is 75.6 cm³/mol. The molecule has 0 aromatic carbocycles. The minimum absolute atomic E-state index is 0.0153. The predicted octanol–water partition coefficient (Wildman–Crippen LogP) is 1.02. The van der Waals surface area contributed by atoms with Crippen molar-refractivity contribution in [3.05, 3.63) is 30.1 Å². The van der Waals surface area contributed by atoms with Crippen molar-refractivity contribution < 1.29 is 9.53 Å². The summed E-state index contributed by atoms with van der Waals surface area (Å²) in [5.74, 6) is 0.0153. The van der Waals surface area contributed by atoms with Crippen LogP contribution in [0.25, 0.3) is 0 Å². The third kappa shape index (κ3) is 2.69. The number of piperidine rings is 1. The maximum Gasteiger partial charge on any atom is 0.272 e. The fraction of sp³-hybridized carbons (Fsp3) is 0.600. The summed E-state index contributed by atoms with van der Waals surface area (Å²) in [6.45, 7) is 4.09. The fourth-order valence-electron chi connectivity index (χ4n) is 3.20. The van der Waals surface area contributed by atoms with E-state index in [-0.39, 0.29) is 11.5 Å². The molecule has 1 spiro atoms. The molecule has 2 saturated heterocycles. The highest BCUT2D eigenvalue weighted by atomic mass is 16.5. The lowest BCUT2D eigenvalue weighted by molar-refractivity contribution is -0.129. The molecule has 1 aromatic heterocycles. The molecule has 5 nitrogen and oxygen atoms in total. The Balaban J connectivity index is 1.73. The zero-order chi connectivity index (χ0) is 14.0. The topological polar surface area (TPSA) is 45.7 Å². The van der Waals surface area contributed by atoms with E-state index in [4.69, 9.17) is 4.74 Å². The molecule has 0 unspecified atom stereocenters. The third-order valence-electron chi connectivity index (χ3n) is 4.15. The number of likely N-dealkylation sites (N-methyl/N-ethyl adjacent to an activating group) is 1. The molecule has 1 aromatic rings. The number of pyridine rings is 1. The first kappa shape index (κ1) is 13.5. The first-order valence-electron chi connectivity index (χ1n) is 7.21. The molecule has 108 valence electrons. The molecule has 2 fully saturated rings. The second kappa shape index (κ2) is 5.50. The van der Waals surface area contributed by atoms with Crippen LogP contribution in [0.15, 0.2) is 24.4 Å². The third-order valence-corrected chi connectivity index (χ3v) is 4.15. The summed E-state index contributed by atoms with van der Waals surface area (Å²) in [4.78, 5) is 20.8. The molecular formula is C15H21N3O2. The van der Waals surface area contributed by atoms with Gasteiger partial charge >= 0.3 is 0 Å². The van der Waals surface area contributed by atoms with Crippen LogP contribution in [-0.2, 0) is 4.74 Å². The largest absolute Gasteiger partial charge is 0.370 e. The maximum absolute atomic E-state index is 12.5. The van der Waals surface area contributed by atoms with Gasteiger partial charge in [-0.1, -0.05) is 6.07 Å². The molecule has 2 aliphatic heterocycles. The molecule has 3 heterocycles. The van der Waals surface area contributed by atoms with Crippen LogP contribution < -0.4 is 0 Å². The number of amides is 1. The van der Waals surface area contributed by atoms with Gasteiger partial charge in [0.05, 0.1) is 18.8 Å². The summed E-state index contributed by atoms with van der Waals surface area (Å²) in [6.07, 6.45) is 3.69. The average Bonchev–Trinajstić information content (AvgIpc) is 2.47. The van der Waals surface area contributed by atoms with E-state index >= 15 is 0 Å². The van der Waals surface area contributed by atoms with Crippen LogP contribution in [-0.4, -0.2) is 66.1 Å². The number of ether oxygens (including phenoxy) is 1. The first-order chi connectivity index (χ1) is 9.69. The highest BCUT2D eigenvalue weighted by Gasteiger charge is 2.41. The van der Waals surface area contributed by atoms with E-state index < -0.39 is 0 Å². The van der Waals surface area contributed by atoms with Crippen molar-refractivity contribution in [2.45, 2.75) is 18.4 Å². The lowest BCUT2D eigenvalue weighted by Crippen LogP contribution is -2.59. The van der Waals surface area contributed by atoms with Crippen molar-refractivity contribution in [2.24, 2.45) is 0 Å². The monoisotopic (exact) mass is 275 g/mol. The van der Waals surface area contributed by atoms with Crippen LogP contribution in [0, 0.1) is 0 Å². The molecule has 5 heteroatoms. The standard InChI is InChI=1S/C15H21N3O2/c1-17-9-10-20-15(11-17)6-4-8-18(12-15)14(19)13-5-2-3-7-16-13/h2-3,5,7H,4,6,8-12H2,1H3/t15-/m0/s1. The van der Waals surface area contributed by atoms with Crippen molar-refractivity contribution in [2.75, 3.05) is 39.8 Å². The summed E-state index contributed by atoms with van der Waals surface area (Å²) >= 11 is 0. The molecule has 3 rings (SSSR count). The summed E-state index contributed by atoms with van der Waals surface area (Å²) < 4.78 is 6.04. The highest BCUT2D eigenvalue weighted by molar-refractivity contribution is 5.92. The Bertz CT molecular complexity index is 475. The minimum Gasteiger partial charge on any atom is -0.370 e. The minimum atomic E-state index is -0.185. The van der Waals surface area contributed by atoms with Gasteiger partial charge in [0.2, 0.25) is 0 Å². The maximum atomic E-state index is 12.5. The second-order valence-electron chi connectivity index (χ2n) is 5.81. The van der Waals surface area contributed by atoms with Crippen LogP contribution in [0.3, 0.4) is 0 Å². The van der Waals surface area contributed by atoms with Crippen LogP contribution in [0.2, 0.25) is 0 Å². The van der Waals surface area contributed by atoms with E-state index in [2.05, 4.69) is 16.9 Å². The molecule has 0 bridgehead atoms. The number of carbonyl (C=O) groups excluding carboxylic acids is 1. The van der Waals surface area contributed by atoms with Crippen molar-refractivity contribution in [1.29, 1.82) is 0 Å². The van der Waals surface area contributed by atoms with Gasteiger partial charge in [0.25, 0.3) is 5.91 Å². The van der Waals surface area contributed by atoms with Crippen LogP contribution >= 0.6 is 0 Å². The Labute approximate surface area is 119 Å². The van der Waals surface area contributed by atoms with E-state index in [0.717, 1.165) is 39.1 Å². The Kier molecular flexibility index (Phi) is 3.72. The SMILES string of the molecule is CN1CCO[C@@]2(CCCN(C(=O)c3ccccn3)C2)C1. The summed E-state index contributed by atoms with van der Waals surface area (Å²) in [6, 6.07) is 5.45. The number of rotatable bonds is 1. The molecule has 1 atom stereocenters. The van der Waals surface area contributed by atoms with Gasteiger partial charge in [-0.15, -0.1) is 0 Å². The number of morpholine rings is 1. The normalized spacial score (nSPS) is 27.8. The second-order valence-corrected chi connectivity index (χ2v) is 5.81. The molecule has 0 radical (unpaired) electrons. The van der Waals surface area contributed by atoms with E-state index in [1.807, 2.05) is 17.0 Å². The van der Waals surface area contributed by atoms with Crippen molar-refractivity contribution in [3.63, 3.8) is 0 Å². The highest BCUT2D eigenvalue weighted by Crippen LogP contribution is 2.29. The summed E-state index contributed by atoms with van der Waals surface area (Å²) in [5, 5.41) is 0. The molecule has 0 aliphatic carbocycles. The van der Waals surface area contributed by atoms with Crippen LogP contribution in [0.5, 0.6) is 0 Å². The van der Waals surface area contributed by atoms with Crippen molar-refractivity contribution >= 4 is 5.91 Å². The van der Waals surface area contributed by atoms with Gasteiger partial charge in [0.1, 0.15) is 5.69 Å². The number of likely N-dealkylation sites (tertiary alicyclic amines) is 1. The first-order valence-corrected chi connectivity index (χ1v) is 7.21. The number of carbonyl (C=O) groups is 1. The zero-order valence-electron chi connectivity index (χ0n) is 11.9. The van der Waals surface area contributed by atoms with E-state index in [1.54, 1.807) is 12.3 Å². The molecule has 1 amide bonds. The average molecular weight is 275 g/mol. The molecule has 20 heavy (non-hydrogen) atoms. The molecular weight excluding hydrogens is 254 g/mol. The van der Waals surface area contributed by atoms with Gasteiger partial charge in [-0.25, -0.2) is 0 Å². The quantitative estimate of drug-likeness (QED) is 0.767. The smallest absolute Gasteiger partial charge is 0.272 e. The number of hydrogen-bond acceptors (Lipinski definition) is 4.